The Bertz CT molecular complexity index is 1070. The minimum Gasteiger partial charge on any atom is -0.492 e. The van der Waals surface area contributed by atoms with Gasteiger partial charge in [0.15, 0.2) is 0 Å². The van der Waals surface area contributed by atoms with Gasteiger partial charge in [0.1, 0.15) is 28.6 Å². The second-order valence-corrected chi connectivity index (χ2v) is 10.5. The van der Waals surface area contributed by atoms with Gasteiger partial charge >= 0.3 is 0 Å². The minimum absolute atomic E-state index is 0.0112. The van der Waals surface area contributed by atoms with Crippen molar-refractivity contribution in [2.45, 2.75) is 52.2 Å². The molecule has 1 aromatic heterocycles. The summed E-state index contributed by atoms with van der Waals surface area (Å²) in [4.78, 5) is 34.8. The van der Waals surface area contributed by atoms with Gasteiger partial charge in [-0.25, -0.2) is 4.98 Å². The number of hydrogen-bond acceptors (Lipinski definition) is 8. The number of benzene rings is 1. The summed E-state index contributed by atoms with van der Waals surface area (Å²) >= 11 is 6.45. The number of hydrogen-bond donors (Lipinski definition) is 1. The predicted molar refractivity (Wildman–Crippen MR) is 153 cm³/mol. The summed E-state index contributed by atoms with van der Waals surface area (Å²) in [6, 6.07) is 7.97. The first-order chi connectivity index (χ1) is 18.9. The van der Waals surface area contributed by atoms with Crippen LogP contribution in [0.4, 0.5) is 5.82 Å². The first-order valence-electron chi connectivity index (χ1n) is 13.9. The molecule has 0 saturated carbocycles. The Kier molecular flexibility index (Phi) is 10.4. The van der Waals surface area contributed by atoms with E-state index in [0.717, 1.165) is 50.1 Å². The molecule has 4 rings (SSSR count). The van der Waals surface area contributed by atoms with Gasteiger partial charge in [0, 0.05) is 58.1 Å². The monoisotopic (exact) mass is 557 g/mol. The average Bonchev–Trinajstić information content (AvgIpc) is 2.96. The van der Waals surface area contributed by atoms with Crippen LogP contribution >= 0.6 is 11.6 Å². The normalized spacial score (nSPS) is 18.0. The van der Waals surface area contributed by atoms with Crippen LogP contribution < -0.4 is 14.8 Å². The highest BCUT2D eigenvalue weighted by Crippen LogP contribution is 2.36. The number of ether oxygens (including phenoxy) is 2. The van der Waals surface area contributed by atoms with Gasteiger partial charge in [-0.15, -0.1) is 0 Å². The molecule has 2 aliphatic rings. The molecule has 1 aromatic carbocycles. The van der Waals surface area contributed by atoms with Gasteiger partial charge in [-0.3, -0.25) is 14.6 Å². The van der Waals surface area contributed by atoms with Gasteiger partial charge in [0.05, 0.1) is 24.8 Å². The van der Waals surface area contributed by atoms with Crippen molar-refractivity contribution >= 4 is 29.6 Å². The second kappa shape index (κ2) is 14.0. The number of rotatable bonds is 11. The van der Waals surface area contributed by atoms with Crippen molar-refractivity contribution in [1.29, 1.82) is 0 Å². The van der Waals surface area contributed by atoms with E-state index < -0.39 is 0 Å². The largest absolute Gasteiger partial charge is 0.492 e. The molecule has 2 fully saturated rings. The third kappa shape index (κ3) is 7.62. The second-order valence-electron chi connectivity index (χ2n) is 10.1. The van der Waals surface area contributed by atoms with Crippen LogP contribution in [-0.2, 0) is 11.3 Å². The van der Waals surface area contributed by atoms with E-state index in [-0.39, 0.29) is 11.9 Å². The number of piperazine rings is 1. The highest BCUT2D eigenvalue weighted by Gasteiger charge is 2.25. The Labute approximate surface area is 236 Å². The quantitative estimate of drug-likeness (QED) is 0.416. The number of aromatic nitrogens is 1. The number of anilines is 1. The Balaban J connectivity index is 1.26. The molecule has 1 atom stereocenters. The average molecular weight is 558 g/mol. The summed E-state index contributed by atoms with van der Waals surface area (Å²) in [5, 5.41) is 4.06. The maximum absolute atomic E-state index is 12.9. The Morgan fingerprint density at radius 3 is 2.26 bits per heavy atom. The smallest absolute Gasteiger partial charge is 0.255 e. The SMILES string of the molecule is CCOc1cc(CN2CCC(Nc3ccc(C(=O)N4CCN(C(C)C=O)CC4)cn3)CC2)cc(OCC)c1Cl. The molecule has 39 heavy (non-hydrogen) atoms. The number of halogens is 1. The molecule has 10 heteroatoms. The summed E-state index contributed by atoms with van der Waals surface area (Å²) < 4.78 is 11.5. The first-order valence-corrected chi connectivity index (χ1v) is 14.3. The van der Waals surface area contributed by atoms with E-state index in [4.69, 9.17) is 21.1 Å². The topological polar surface area (TPSA) is 87.2 Å². The number of carbonyl (C=O) groups is 2. The van der Waals surface area contributed by atoms with Crippen LogP contribution in [0.3, 0.4) is 0 Å². The Morgan fingerprint density at radius 1 is 1.08 bits per heavy atom. The predicted octanol–water partition coefficient (Wildman–Crippen LogP) is 3.95. The lowest BCUT2D eigenvalue weighted by Gasteiger charge is -2.36. The molecule has 1 unspecified atom stereocenters. The van der Waals surface area contributed by atoms with E-state index in [1.807, 2.05) is 49.9 Å². The van der Waals surface area contributed by atoms with Crippen molar-refractivity contribution in [3.8, 4) is 11.5 Å². The lowest BCUT2D eigenvalue weighted by atomic mass is 10.0. The van der Waals surface area contributed by atoms with Crippen LogP contribution in [0.5, 0.6) is 11.5 Å². The van der Waals surface area contributed by atoms with Gasteiger partial charge in [-0.1, -0.05) is 11.6 Å². The zero-order valence-corrected chi connectivity index (χ0v) is 24.0. The number of piperidine rings is 1. The van der Waals surface area contributed by atoms with Crippen LogP contribution in [0, 0.1) is 0 Å². The molecule has 212 valence electrons. The summed E-state index contributed by atoms with van der Waals surface area (Å²) in [5.41, 5.74) is 1.72. The molecular formula is C29H40ClN5O4. The van der Waals surface area contributed by atoms with Crippen LogP contribution in [-0.4, -0.2) is 96.4 Å². The fraction of sp³-hybridized carbons (Fsp3) is 0.552. The van der Waals surface area contributed by atoms with Crippen molar-refractivity contribution in [3.63, 3.8) is 0 Å². The fourth-order valence-corrected chi connectivity index (χ4v) is 5.37. The minimum atomic E-state index is -0.111. The lowest BCUT2D eigenvalue weighted by Crippen LogP contribution is -2.51. The van der Waals surface area contributed by atoms with Crippen molar-refractivity contribution in [2.75, 3.05) is 57.8 Å². The van der Waals surface area contributed by atoms with Crippen molar-refractivity contribution in [3.05, 3.63) is 46.6 Å². The van der Waals surface area contributed by atoms with Crippen molar-refractivity contribution < 1.29 is 19.1 Å². The number of carbonyl (C=O) groups excluding carboxylic acids is 2. The maximum atomic E-state index is 12.9. The first kappa shape index (κ1) is 29.1. The third-order valence-corrected chi connectivity index (χ3v) is 7.77. The van der Waals surface area contributed by atoms with E-state index in [2.05, 4.69) is 20.1 Å². The molecular weight excluding hydrogens is 518 g/mol. The zero-order chi connectivity index (χ0) is 27.8. The van der Waals surface area contributed by atoms with Gasteiger partial charge in [0.25, 0.3) is 5.91 Å². The van der Waals surface area contributed by atoms with Crippen molar-refractivity contribution in [1.82, 2.24) is 19.7 Å². The standard InChI is InChI=1S/C29H40ClN5O4/c1-4-38-25-16-22(17-26(28(25)30)39-5-2)19-33-10-8-24(9-11-33)32-27-7-6-23(18-31-27)29(37)35-14-12-34(13-15-35)21(3)20-36/h6-7,16-18,20-21,24H,4-5,8-15,19H2,1-3H3,(H,31,32). The summed E-state index contributed by atoms with van der Waals surface area (Å²) in [7, 11) is 0. The number of nitrogens with one attached hydrogen (secondary N) is 1. The third-order valence-electron chi connectivity index (χ3n) is 7.40. The molecule has 2 aromatic rings. The lowest BCUT2D eigenvalue weighted by molar-refractivity contribution is -0.112. The Hall–Kier alpha value is -2.88. The summed E-state index contributed by atoms with van der Waals surface area (Å²) in [6.07, 6.45) is 4.60. The number of likely N-dealkylation sites (tertiary alicyclic amines) is 1. The molecule has 3 heterocycles. The zero-order valence-electron chi connectivity index (χ0n) is 23.2. The van der Waals surface area contributed by atoms with E-state index in [1.165, 1.54) is 0 Å². The van der Waals surface area contributed by atoms with Gasteiger partial charge < -0.3 is 24.5 Å². The summed E-state index contributed by atoms with van der Waals surface area (Å²) in [6.45, 7) is 12.2. The van der Waals surface area contributed by atoms with Crippen molar-refractivity contribution in [2.24, 2.45) is 0 Å². The molecule has 1 amide bonds. The molecule has 9 nitrogen and oxygen atoms in total. The molecule has 0 radical (unpaired) electrons. The highest BCUT2D eigenvalue weighted by molar-refractivity contribution is 6.33. The number of amides is 1. The maximum Gasteiger partial charge on any atom is 0.255 e. The van der Waals surface area contributed by atoms with Crippen LogP contribution in [0.1, 0.15) is 49.5 Å². The van der Waals surface area contributed by atoms with E-state index in [0.29, 0.717) is 67.5 Å². The van der Waals surface area contributed by atoms with Crippen LogP contribution in [0.2, 0.25) is 5.02 Å². The van der Waals surface area contributed by atoms with Gasteiger partial charge in [-0.2, -0.15) is 0 Å². The molecule has 0 aliphatic carbocycles. The van der Waals surface area contributed by atoms with Gasteiger partial charge in [0.2, 0.25) is 0 Å². The van der Waals surface area contributed by atoms with E-state index in [9.17, 15) is 9.59 Å². The molecule has 2 aliphatic heterocycles. The van der Waals surface area contributed by atoms with Gasteiger partial charge in [-0.05, 0) is 63.4 Å². The van der Waals surface area contributed by atoms with Crippen LogP contribution in [0.25, 0.3) is 0 Å². The van der Waals surface area contributed by atoms with Crippen LogP contribution in [0.15, 0.2) is 30.5 Å². The number of nitrogens with zero attached hydrogens (tertiary/aromatic N) is 4. The molecule has 0 bridgehead atoms. The highest BCUT2D eigenvalue weighted by atomic mass is 35.5. The molecule has 0 spiro atoms. The van der Waals surface area contributed by atoms with E-state index in [1.54, 1.807) is 6.20 Å². The number of pyridine rings is 1. The molecule has 2 saturated heterocycles. The fourth-order valence-electron chi connectivity index (χ4n) is 5.15. The number of aldehydes is 1. The van der Waals surface area contributed by atoms with E-state index >= 15 is 0 Å². The summed E-state index contributed by atoms with van der Waals surface area (Å²) in [5.74, 6) is 2.11. The molecule has 1 N–H and O–H groups in total. The Morgan fingerprint density at radius 2 is 1.72 bits per heavy atom.